The summed E-state index contributed by atoms with van der Waals surface area (Å²) in [6, 6.07) is 4.56. The van der Waals surface area contributed by atoms with Crippen LogP contribution in [-0.4, -0.2) is 23.2 Å². The van der Waals surface area contributed by atoms with Gasteiger partial charge in [0.25, 0.3) is 0 Å². The number of aliphatic hydroxyl groups is 1. The van der Waals surface area contributed by atoms with E-state index in [4.69, 9.17) is 9.84 Å². The number of benzene rings is 1. The molecule has 1 aromatic carbocycles. The van der Waals surface area contributed by atoms with E-state index in [0.717, 1.165) is 11.5 Å². The van der Waals surface area contributed by atoms with Crippen LogP contribution in [0.25, 0.3) is 0 Å². The van der Waals surface area contributed by atoms with Gasteiger partial charge in [-0.05, 0) is 11.8 Å². The Kier molecular flexibility index (Phi) is 5.50. The summed E-state index contributed by atoms with van der Waals surface area (Å²) in [7, 11) is 0. The summed E-state index contributed by atoms with van der Waals surface area (Å²) in [5.41, 5.74) is 0.497. The fraction of sp³-hybridized carbons (Fsp3) is 0.455. The van der Waals surface area contributed by atoms with Crippen LogP contribution in [0.15, 0.2) is 18.2 Å². The van der Waals surface area contributed by atoms with E-state index in [1.807, 2.05) is 0 Å². The van der Waals surface area contributed by atoms with Crippen LogP contribution in [0, 0.1) is 5.82 Å². The quantitative estimate of drug-likeness (QED) is 0.761. The minimum absolute atomic E-state index is 0.178. The molecule has 0 aliphatic rings. The van der Waals surface area contributed by atoms with Crippen LogP contribution >= 0.6 is 11.8 Å². The second-order valence-electron chi connectivity index (χ2n) is 2.93. The lowest BCUT2D eigenvalue weighted by Gasteiger charge is -2.10. The molecule has 0 atom stereocenters. The maximum absolute atomic E-state index is 13.3. The Morgan fingerprint density at radius 3 is 2.93 bits per heavy atom. The average Bonchev–Trinajstić information content (AvgIpc) is 2.26. The lowest BCUT2D eigenvalue weighted by atomic mass is 10.2. The highest BCUT2D eigenvalue weighted by atomic mass is 32.2. The van der Waals surface area contributed by atoms with E-state index in [9.17, 15) is 4.39 Å². The highest BCUT2D eigenvalue weighted by molar-refractivity contribution is 7.99. The molecule has 0 heterocycles. The monoisotopic (exact) mass is 230 g/mol. The molecule has 4 heteroatoms. The minimum Gasteiger partial charge on any atom is -0.489 e. The number of hydrogen-bond acceptors (Lipinski definition) is 3. The van der Waals surface area contributed by atoms with Crippen molar-refractivity contribution in [2.75, 3.05) is 18.1 Å². The maximum atomic E-state index is 13.3. The van der Waals surface area contributed by atoms with E-state index in [2.05, 4.69) is 6.92 Å². The standard InChI is InChI=1S/C11H15FO2S/c1-2-15-7-6-14-11-9(8-13)4-3-5-10(11)12/h3-5,13H,2,6-8H2,1H3. The zero-order chi connectivity index (χ0) is 11.1. The van der Waals surface area contributed by atoms with Crippen LogP contribution < -0.4 is 4.74 Å². The number of aliphatic hydroxyl groups excluding tert-OH is 1. The van der Waals surface area contributed by atoms with Gasteiger partial charge in [-0.1, -0.05) is 19.1 Å². The van der Waals surface area contributed by atoms with Gasteiger partial charge in [0.2, 0.25) is 0 Å². The number of halogens is 1. The predicted octanol–water partition coefficient (Wildman–Crippen LogP) is 2.45. The molecule has 0 saturated heterocycles. The second-order valence-corrected chi connectivity index (χ2v) is 4.33. The molecule has 0 radical (unpaired) electrons. The summed E-state index contributed by atoms with van der Waals surface area (Å²) < 4.78 is 18.6. The Morgan fingerprint density at radius 1 is 1.47 bits per heavy atom. The SMILES string of the molecule is CCSCCOc1c(F)cccc1CO. The molecule has 2 nitrogen and oxygen atoms in total. The number of para-hydroxylation sites is 1. The van der Waals surface area contributed by atoms with Crippen LogP contribution in [0.1, 0.15) is 12.5 Å². The first-order chi connectivity index (χ1) is 7.29. The number of ether oxygens (including phenoxy) is 1. The molecular weight excluding hydrogens is 215 g/mol. The Hall–Kier alpha value is -0.740. The highest BCUT2D eigenvalue weighted by Gasteiger charge is 2.08. The largest absolute Gasteiger partial charge is 0.489 e. The van der Waals surface area contributed by atoms with E-state index in [-0.39, 0.29) is 12.4 Å². The Labute approximate surface area is 93.5 Å². The van der Waals surface area contributed by atoms with Gasteiger partial charge in [0.15, 0.2) is 11.6 Å². The van der Waals surface area contributed by atoms with E-state index in [1.165, 1.54) is 6.07 Å². The number of rotatable bonds is 6. The second kappa shape index (κ2) is 6.69. The van der Waals surface area contributed by atoms with E-state index in [0.29, 0.717) is 12.2 Å². The zero-order valence-corrected chi connectivity index (χ0v) is 9.52. The lowest BCUT2D eigenvalue weighted by molar-refractivity contribution is 0.262. The number of hydrogen-bond donors (Lipinski definition) is 1. The van der Waals surface area contributed by atoms with Crippen molar-refractivity contribution in [1.82, 2.24) is 0 Å². The van der Waals surface area contributed by atoms with Gasteiger partial charge in [-0.25, -0.2) is 4.39 Å². The normalized spacial score (nSPS) is 10.3. The van der Waals surface area contributed by atoms with E-state index >= 15 is 0 Å². The van der Waals surface area contributed by atoms with Gasteiger partial charge in [-0.2, -0.15) is 11.8 Å². The van der Waals surface area contributed by atoms with Gasteiger partial charge in [-0.15, -0.1) is 0 Å². The molecule has 1 N–H and O–H groups in total. The summed E-state index contributed by atoms with van der Waals surface area (Å²) >= 11 is 1.74. The van der Waals surface area contributed by atoms with Crippen molar-refractivity contribution in [1.29, 1.82) is 0 Å². The van der Waals surface area contributed by atoms with Crippen molar-refractivity contribution in [2.45, 2.75) is 13.5 Å². The van der Waals surface area contributed by atoms with Gasteiger partial charge >= 0.3 is 0 Å². The Morgan fingerprint density at radius 2 is 2.27 bits per heavy atom. The molecule has 0 bridgehead atoms. The first kappa shape index (κ1) is 12.3. The third-order valence-corrected chi connectivity index (χ3v) is 2.76. The first-order valence-electron chi connectivity index (χ1n) is 4.88. The van der Waals surface area contributed by atoms with Crippen molar-refractivity contribution in [3.63, 3.8) is 0 Å². The fourth-order valence-electron chi connectivity index (χ4n) is 1.19. The molecule has 15 heavy (non-hydrogen) atoms. The summed E-state index contributed by atoms with van der Waals surface area (Å²) in [4.78, 5) is 0. The van der Waals surface area contributed by atoms with Crippen LogP contribution in [0.3, 0.4) is 0 Å². The zero-order valence-electron chi connectivity index (χ0n) is 8.70. The predicted molar refractivity (Wildman–Crippen MR) is 60.8 cm³/mol. The van der Waals surface area contributed by atoms with Crippen LogP contribution in [0.4, 0.5) is 4.39 Å². The molecule has 0 fully saturated rings. The van der Waals surface area contributed by atoms with Crippen LogP contribution in [0.2, 0.25) is 0 Å². The summed E-state index contributed by atoms with van der Waals surface area (Å²) in [5, 5.41) is 8.99. The molecule has 1 aromatic rings. The summed E-state index contributed by atoms with van der Waals surface area (Å²) in [6.07, 6.45) is 0. The smallest absolute Gasteiger partial charge is 0.165 e. The van der Waals surface area contributed by atoms with Gasteiger partial charge in [0.1, 0.15) is 0 Å². The minimum atomic E-state index is -0.414. The third-order valence-electron chi connectivity index (χ3n) is 1.90. The van der Waals surface area contributed by atoms with Crippen molar-refractivity contribution >= 4 is 11.8 Å². The van der Waals surface area contributed by atoms with Gasteiger partial charge in [0, 0.05) is 11.3 Å². The first-order valence-corrected chi connectivity index (χ1v) is 6.03. The van der Waals surface area contributed by atoms with Gasteiger partial charge in [0.05, 0.1) is 13.2 Å². The van der Waals surface area contributed by atoms with E-state index in [1.54, 1.807) is 23.9 Å². The Balaban J connectivity index is 2.58. The van der Waals surface area contributed by atoms with Gasteiger partial charge < -0.3 is 9.84 Å². The molecule has 84 valence electrons. The molecule has 0 unspecified atom stereocenters. The molecule has 0 amide bonds. The molecule has 0 aliphatic heterocycles. The molecule has 0 spiro atoms. The Bertz CT molecular complexity index is 305. The summed E-state index contributed by atoms with van der Waals surface area (Å²) in [6.45, 7) is 2.33. The van der Waals surface area contributed by atoms with Gasteiger partial charge in [-0.3, -0.25) is 0 Å². The van der Waals surface area contributed by atoms with Crippen molar-refractivity contribution in [3.05, 3.63) is 29.6 Å². The van der Waals surface area contributed by atoms with E-state index < -0.39 is 5.82 Å². The van der Waals surface area contributed by atoms with Crippen molar-refractivity contribution < 1.29 is 14.2 Å². The third kappa shape index (κ3) is 3.72. The van der Waals surface area contributed by atoms with Crippen LogP contribution in [0.5, 0.6) is 5.75 Å². The molecule has 0 aliphatic carbocycles. The average molecular weight is 230 g/mol. The molecule has 1 rings (SSSR count). The highest BCUT2D eigenvalue weighted by Crippen LogP contribution is 2.22. The molecule has 0 aromatic heterocycles. The molecule has 0 saturated carbocycles. The summed E-state index contributed by atoms with van der Waals surface area (Å²) in [5.74, 6) is 1.61. The number of thioether (sulfide) groups is 1. The topological polar surface area (TPSA) is 29.5 Å². The fourth-order valence-corrected chi connectivity index (χ4v) is 1.68. The lowest BCUT2D eigenvalue weighted by Crippen LogP contribution is -2.04. The van der Waals surface area contributed by atoms with Crippen molar-refractivity contribution in [2.24, 2.45) is 0 Å². The molecular formula is C11H15FO2S. The maximum Gasteiger partial charge on any atom is 0.165 e. The van der Waals surface area contributed by atoms with Crippen LogP contribution in [-0.2, 0) is 6.61 Å². The van der Waals surface area contributed by atoms with Crippen molar-refractivity contribution in [3.8, 4) is 5.75 Å².